The Balaban J connectivity index is 1.94. The molecule has 0 saturated carbocycles. The smallest absolute Gasteiger partial charge is 0.428 e. The number of nitrogens with two attached hydrogens (primary N) is 1. The van der Waals surface area contributed by atoms with Crippen molar-refractivity contribution in [3.05, 3.63) is 70.5 Å². The molecule has 0 radical (unpaired) electrons. The molecule has 3 atom stereocenters. The molecule has 1 fully saturated rings. The normalized spacial score (nSPS) is 19.4. The summed E-state index contributed by atoms with van der Waals surface area (Å²) in [5.41, 5.74) is 3.73. The predicted molar refractivity (Wildman–Crippen MR) is 137 cm³/mol. The minimum atomic E-state index is -5.14. The van der Waals surface area contributed by atoms with Gasteiger partial charge in [-0.3, -0.25) is 4.90 Å². The molecule has 0 aromatic heterocycles. The molecule has 3 rings (SSSR count). The Morgan fingerprint density at radius 3 is 2.21 bits per heavy atom. The van der Waals surface area contributed by atoms with Gasteiger partial charge in [0.2, 0.25) is 0 Å². The molecule has 3 N–H and O–H groups in total. The number of alkyl halides is 6. The number of benzene rings is 2. The van der Waals surface area contributed by atoms with Crippen LogP contribution in [0.2, 0.25) is 0 Å². The van der Waals surface area contributed by atoms with Gasteiger partial charge in [-0.25, -0.2) is 14.6 Å². The van der Waals surface area contributed by atoms with Gasteiger partial charge in [-0.1, -0.05) is 12.1 Å². The van der Waals surface area contributed by atoms with Crippen LogP contribution in [0.1, 0.15) is 55.2 Å². The molecular weight excluding hydrogens is 591 g/mol. The average Bonchev–Trinajstić information content (AvgIpc) is 2.89. The maximum Gasteiger partial charge on any atom is 0.428 e. The van der Waals surface area contributed by atoms with E-state index >= 15 is 0 Å². The lowest BCUT2D eigenvalue weighted by molar-refractivity contribution is -0.221. The number of hydrogen-bond acceptors (Lipinski definition) is 7. The van der Waals surface area contributed by atoms with Crippen molar-refractivity contribution in [1.29, 1.82) is 5.26 Å². The number of amidine groups is 1. The van der Waals surface area contributed by atoms with Crippen LogP contribution in [0.4, 0.5) is 35.5 Å². The Morgan fingerprint density at radius 1 is 1.12 bits per heavy atom. The number of nitrogens with one attached hydrogen (secondary N) is 1. The first-order valence-electron chi connectivity index (χ1n) is 12.6. The summed E-state index contributed by atoms with van der Waals surface area (Å²) in [4.78, 5) is 13.5. The van der Waals surface area contributed by atoms with E-state index in [0.29, 0.717) is 17.7 Å². The number of nitrogens with zero attached hydrogens (tertiary/aromatic N) is 3. The van der Waals surface area contributed by atoms with Gasteiger partial charge in [-0.05, 0) is 62.2 Å². The number of carbonyl (C=O) groups excluding carboxylic acids is 1. The second-order valence-electron chi connectivity index (χ2n) is 10.4. The number of morpholine rings is 1. The highest BCUT2D eigenvalue weighted by atomic mass is 19.4. The highest BCUT2D eigenvalue weighted by Crippen LogP contribution is 2.39. The third kappa shape index (κ3) is 9.53. The van der Waals surface area contributed by atoms with E-state index in [2.05, 4.69) is 10.5 Å². The zero-order valence-corrected chi connectivity index (χ0v) is 23.1. The lowest BCUT2D eigenvalue weighted by Gasteiger charge is -2.41. The molecule has 1 amide bonds. The van der Waals surface area contributed by atoms with Crippen molar-refractivity contribution >= 4 is 11.9 Å². The molecule has 3 unspecified atom stereocenters. The number of halogens is 7. The first-order valence-corrected chi connectivity index (χ1v) is 12.6. The van der Waals surface area contributed by atoms with E-state index in [4.69, 9.17) is 19.9 Å². The van der Waals surface area contributed by atoms with Crippen LogP contribution in [0.25, 0.3) is 0 Å². The fourth-order valence-corrected chi connectivity index (χ4v) is 4.12. The number of carbonyl (C=O) groups is 1. The van der Waals surface area contributed by atoms with Crippen molar-refractivity contribution in [2.45, 2.75) is 57.2 Å². The molecule has 1 heterocycles. The molecule has 1 aliphatic heterocycles. The lowest BCUT2D eigenvalue weighted by Crippen LogP contribution is -2.49. The Morgan fingerprint density at radius 2 is 1.70 bits per heavy atom. The monoisotopic (exact) mass is 619 g/mol. The standard InChI is InChI=1S/C27H28F7N5O4/c1-25(2,3)43-24(40)38-37-21(36)14-39-8-9-41-23(22(39)15-4-6-19(28)7-5-15)42-20(13-35)16-10-17(26(29,30)31)12-18(11-16)27(32,33)34/h4-7,10-12,20,22-23H,8-9,14H2,1-3H3,(H2,36,37)(H,38,40). The summed E-state index contributed by atoms with van der Waals surface area (Å²) >= 11 is 0. The lowest BCUT2D eigenvalue weighted by atomic mass is 10.0. The summed E-state index contributed by atoms with van der Waals surface area (Å²) in [5, 5.41) is 13.5. The minimum Gasteiger partial charge on any atom is -0.443 e. The molecule has 0 spiro atoms. The Labute approximate surface area is 242 Å². The second kappa shape index (κ2) is 13.1. The van der Waals surface area contributed by atoms with E-state index in [-0.39, 0.29) is 31.6 Å². The van der Waals surface area contributed by atoms with E-state index in [9.17, 15) is 40.8 Å². The van der Waals surface area contributed by atoms with Crippen molar-refractivity contribution < 1.29 is 49.7 Å². The van der Waals surface area contributed by atoms with E-state index in [1.54, 1.807) is 31.7 Å². The quantitative estimate of drug-likeness (QED) is 0.178. The van der Waals surface area contributed by atoms with E-state index in [0.717, 1.165) is 12.1 Å². The third-order valence-corrected chi connectivity index (χ3v) is 5.88. The Bertz CT molecular complexity index is 1320. The highest BCUT2D eigenvalue weighted by molar-refractivity contribution is 5.83. The summed E-state index contributed by atoms with van der Waals surface area (Å²) in [6, 6.07) is 6.26. The van der Waals surface area contributed by atoms with Gasteiger partial charge >= 0.3 is 18.4 Å². The Hall–Kier alpha value is -3.94. The number of ether oxygens (including phenoxy) is 3. The van der Waals surface area contributed by atoms with Gasteiger partial charge in [0.05, 0.1) is 36.4 Å². The summed E-state index contributed by atoms with van der Waals surface area (Å²) in [6.45, 7) is 4.85. The van der Waals surface area contributed by atoms with Crippen molar-refractivity contribution in [2.75, 3.05) is 19.7 Å². The second-order valence-corrected chi connectivity index (χ2v) is 10.4. The SMILES string of the molecule is CC(C)(C)OC(=O)NN=C(N)CN1CCOC(OC(C#N)c2cc(C(F)(F)F)cc(C(F)(F)F)c2)C1c1ccc(F)cc1. The average molecular weight is 620 g/mol. The highest BCUT2D eigenvalue weighted by Gasteiger charge is 2.40. The predicted octanol–water partition coefficient (Wildman–Crippen LogP) is 5.64. The molecule has 2 aromatic rings. The van der Waals surface area contributed by atoms with Gasteiger partial charge in [0.15, 0.2) is 12.4 Å². The van der Waals surface area contributed by atoms with Crippen LogP contribution in [0.15, 0.2) is 47.6 Å². The van der Waals surface area contributed by atoms with Crippen LogP contribution in [0.3, 0.4) is 0 Å². The summed E-state index contributed by atoms with van der Waals surface area (Å²) in [7, 11) is 0. The summed E-state index contributed by atoms with van der Waals surface area (Å²) < 4.78 is 111. The first-order chi connectivity index (χ1) is 19.9. The van der Waals surface area contributed by atoms with Crippen molar-refractivity contribution in [2.24, 2.45) is 10.8 Å². The molecule has 9 nitrogen and oxygen atoms in total. The van der Waals surface area contributed by atoms with Gasteiger partial charge in [-0.15, -0.1) is 0 Å². The van der Waals surface area contributed by atoms with Crippen LogP contribution in [0, 0.1) is 17.1 Å². The van der Waals surface area contributed by atoms with Crippen molar-refractivity contribution in [1.82, 2.24) is 10.3 Å². The number of amides is 1. The van der Waals surface area contributed by atoms with Gasteiger partial charge in [0.1, 0.15) is 17.3 Å². The largest absolute Gasteiger partial charge is 0.443 e. The molecule has 43 heavy (non-hydrogen) atoms. The molecule has 234 valence electrons. The minimum absolute atomic E-state index is 0.0640. The third-order valence-electron chi connectivity index (χ3n) is 5.88. The van der Waals surface area contributed by atoms with Gasteiger partial charge in [0, 0.05) is 6.54 Å². The number of rotatable bonds is 7. The van der Waals surface area contributed by atoms with Crippen molar-refractivity contribution in [3.63, 3.8) is 0 Å². The van der Waals surface area contributed by atoms with Crippen molar-refractivity contribution in [3.8, 4) is 6.07 Å². The molecular formula is C27H28F7N5O4. The molecule has 1 saturated heterocycles. The van der Waals surface area contributed by atoms with Crippen LogP contribution in [-0.2, 0) is 26.6 Å². The Kier molecular flexibility index (Phi) is 10.3. The van der Waals surface area contributed by atoms with E-state index in [1.807, 2.05) is 0 Å². The van der Waals surface area contributed by atoms with Gasteiger partial charge < -0.3 is 19.9 Å². The number of hydrogen-bond donors (Lipinski definition) is 2. The molecule has 16 heteroatoms. The molecule has 0 bridgehead atoms. The zero-order chi connectivity index (χ0) is 32.2. The van der Waals surface area contributed by atoms with Gasteiger partial charge in [0.25, 0.3) is 0 Å². The maximum absolute atomic E-state index is 13.7. The van der Waals surface area contributed by atoms with E-state index < -0.39 is 65.0 Å². The fourth-order valence-electron chi connectivity index (χ4n) is 4.12. The van der Waals surface area contributed by atoms with Crippen LogP contribution in [0.5, 0.6) is 0 Å². The molecule has 2 aromatic carbocycles. The number of nitriles is 1. The fraction of sp³-hybridized carbons (Fsp3) is 0.444. The summed E-state index contributed by atoms with van der Waals surface area (Å²) in [6.07, 6.45) is -14.6. The summed E-state index contributed by atoms with van der Waals surface area (Å²) in [5.74, 6) is -0.714. The molecule has 1 aliphatic rings. The van der Waals surface area contributed by atoms with Crippen LogP contribution in [-0.4, -0.2) is 48.4 Å². The zero-order valence-electron chi connectivity index (χ0n) is 23.1. The molecule has 0 aliphatic carbocycles. The van der Waals surface area contributed by atoms with Crippen LogP contribution < -0.4 is 11.2 Å². The van der Waals surface area contributed by atoms with Gasteiger partial charge in [-0.2, -0.15) is 36.7 Å². The van der Waals surface area contributed by atoms with Crippen LogP contribution >= 0.6 is 0 Å². The van der Waals surface area contributed by atoms with E-state index in [1.165, 1.54) is 12.1 Å². The maximum atomic E-state index is 13.7. The number of hydrazone groups is 1. The first kappa shape index (κ1) is 33.6. The topological polar surface area (TPSA) is 122 Å².